The van der Waals surface area contributed by atoms with Crippen LogP contribution in [0.5, 0.6) is 0 Å². The molecule has 0 unspecified atom stereocenters. The van der Waals surface area contributed by atoms with Gasteiger partial charge in [-0.1, -0.05) is 82.1 Å². The van der Waals surface area contributed by atoms with Crippen molar-refractivity contribution in [2.24, 2.45) is 21.7 Å². The molecule has 0 atom stereocenters. The molecule has 0 amide bonds. The predicted molar refractivity (Wildman–Crippen MR) is 137 cm³/mol. The number of aliphatic carboxylic acids is 2. The van der Waals surface area contributed by atoms with Gasteiger partial charge < -0.3 is 10.2 Å². The fourth-order valence-electron chi connectivity index (χ4n) is 7.05. The maximum absolute atomic E-state index is 11.7. The lowest BCUT2D eigenvalue weighted by molar-refractivity contribution is -0.162. The highest BCUT2D eigenvalue weighted by molar-refractivity contribution is 5.76. The van der Waals surface area contributed by atoms with Gasteiger partial charge in [0.1, 0.15) is 0 Å². The zero-order valence-electron chi connectivity index (χ0n) is 23.2. The molecule has 0 heterocycles. The van der Waals surface area contributed by atoms with Gasteiger partial charge in [0, 0.05) is 0 Å². The molecule has 0 saturated carbocycles. The number of carbonyl (C=O) groups is 2. The van der Waals surface area contributed by atoms with E-state index in [1.54, 1.807) is 0 Å². The van der Waals surface area contributed by atoms with E-state index < -0.39 is 22.8 Å². The molecular formula is C28H56O4. The van der Waals surface area contributed by atoms with Crippen LogP contribution in [0.25, 0.3) is 0 Å². The third-order valence-corrected chi connectivity index (χ3v) is 9.43. The van der Waals surface area contributed by atoms with Crippen molar-refractivity contribution in [3.63, 3.8) is 0 Å². The highest BCUT2D eigenvalue weighted by Gasteiger charge is 2.52. The summed E-state index contributed by atoms with van der Waals surface area (Å²) in [7, 11) is 0. The molecule has 2 N–H and O–H groups in total. The number of rotatable bonds is 16. The van der Waals surface area contributed by atoms with E-state index in [9.17, 15) is 19.8 Å². The van der Waals surface area contributed by atoms with Gasteiger partial charge in [-0.3, -0.25) is 9.59 Å². The van der Waals surface area contributed by atoms with Crippen LogP contribution in [0, 0.1) is 21.7 Å². The monoisotopic (exact) mass is 456 g/mol. The maximum Gasteiger partial charge on any atom is 0.310 e. The molecule has 0 aliphatic rings. The topological polar surface area (TPSA) is 74.6 Å². The van der Waals surface area contributed by atoms with Gasteiger partial charge in [0.25, 0.3) is 0 Å². The Bertz CT molecular complexity index is 474. The fraction of sp³-hybridized carbons (Fsp3) is 0.929. The van der Waals surface area contributed by atoms with Gasteiger partial charge in [-0.15, -0.1) is 0 Å². The zero-order chi connectivity index (χ0) is 25.6. The number of hydrogen-bond donors (Lipinski definition) is 2. The van der Waals surface area contributed by atoms with Crippen LogP contribution in [-0.2, 0) is 9.59 Å². The Morgan fingerprint density at radius 1 is 0.469 bits per heavy atom. The molecule has 0 aliphatic carbocycles. The smallest absolute Gasteiger partial charge is 0.310 e. The highest BCUT2D eigenvalue weighted by Crippen LogP contribution is 2.54. The minimum Gasteiger partial charge on any atom is -0.481 e. The summed E-state index contributed by atoms with van der Waals surface area (Å²) in [5.74, 6) is -1.20. The molecule has 0 bridgehead atoms. The molecule has 0 aromatic carbocycles. The van der Waals surface area contributed by atoms with E-state index in [-0.39, 0.29) is 10.8 Å². The van der Waals surface area contributed by atoms with E-state index in [0.717, 1.165) is 77.0 Å². The maximum atomic E-state index is 11.7. The lowest BCUT2D eigenvalue weighted by atomic mass is 9.56. The minimum absolute atomic E-state index is 0.0307. The van der Waals surface area contributed by atoms with Crippen LogP contribution in [0.15, 0.2) is 0 Å². The van der Waals surface area contributed by atoms with E-state index in [1.807, 2.05) is 27.7 Å². The van der Waals surface area contributed by atoms with Crippen LogP contribution in [-0.4, -0.2) is 22.2 Å². The molecule has 0 rings (SSSR count). The van der Waals surface area contributed by atoms with Crippen molar-refractivity contribution >= 4 is 11.9 Å². The van der Waals surface area contributed by atoms with Crippen LogP contribution in [0.4, 0.5) is 0 Å². The average Bonchev–Trinajstić information content (AvgIpc) is 2.79. The summed E-state index contributed by atoms with van der Waals surface area (Å²) in [6.07, 6.45) is 11.0. The first kappa shape index (κ1) is 33.1. The van der Waals surface area contributed by atoms with E-state index in [0.29, 0.717) is 0 Å². The first-order valence-electron chi connectivity index (χ1n) is 13.5. The predicted octanol–water partition coefficient (Wildman–Crippen LogP) is 8.97. The Labute approximate surface area is 200 Å². The molecule has 0 aromatic heterocycles. The van der Waals surface area contributed by atoms with Gasteiger partial charge >= 0.3 is 11.9 Å². The first-order chi connectivity index (χ1) is 15.0. The Balaban J connectivity index is 0. The van der Waals surface area contributed by atoms with Crippen molar-refractivity contribution in [1.82, 2.24) is 0 Å². The van der Waals surface area contributed by atoms with Crippen LogP contribution < -0.4 is 0 Å². The molecule has 0 fully saturated rings. The third-order valence-electron chi connectivity index (χ3n) is 9.43. The van der Waals surface area contributed by atoms with Crippen molar-refractivity contribution in [3.05, 3.63) is 0 Å². The van der Waals surface area contributed by atoms with E-state index >= 15 is 0 Å². The Hall–Kier alpha value is -1.06. The molecule has 4 nitrogen and oxygen atoms in total. The number of carboxylic acid groups (broad SMARTS) is 2. The number of hydrogen-bond acceptors (Lipinski definition) is 2. The summed E-state index contributed by atoms with van der Waals surface area (Å²) in [6, 6.07) is 0. The normalized spacial score (nSPS) is 12.8. The molecule has 0 aliphatic heterocycles. The molecule has 192 valence electrons. The van der Waals surface area contributed by atoms with Crippen LogP contribution in [0.1, 0.15) is 146 Å². The summed E-state index contributed by atoms with van der Waals surface area (Å²) in [5, 5.41) is 19.3. The summed E-state index contributed by atoms with van der Waals surface area (Å²) in [5.41, 5.74) is -1.13. The largest absolute Gasteiger partial charge is 0.481 e. The third kappa shape index (κ3) is 6.08. The lowest BCUT2D eigenvalue weighted by Gasteiger charge is -2.47. The Morgan fingerprint density at radius 2 is 0.688 bits per heavy atom. The van der Waals surface area contributed by atoms with Gasteiger partial charge in [-0.2, -0.15) is 0 Å². The second-order valence-electron chi connectivity index (χ2n) is 9.66. The first-order valence-corrected chi connectivity index (χ1v) is 13.5. The summed E-state index contributed by atoms with van der Waals surface area (Å²) in [6.45, 7) is 21.0. The molecule has 0 aromatic rings. The standard InChI is InChI=1S/2C14H28O2/c2*1-6-11-13(7-2,8-3)14(9-4,10-5)12(15)16/h2*6-11H2,1-5H3,(H,15,16). The average molecular weight is 457 g/mol. The van der Waals surface area contributed by atoms with Crippen molar-refractivity contribution in [2.45, 2.75) is 146 Å². The Morgan fingerprint density at radius 3 is 0.781 bits per heavy atom. The van der Waals surface area contributed by atoms with Crippen molar-refractivity contribution in [3.8, 4) is 0 Å². The highest BCUT2D eigenvalue weighted by atomic mass is 16.4. The van der Waals surface area contributed by atoms with Crippen LogP contribution >= 0.6 is 0 Å². The van der Waals surface area contributed by atoms with Gasteiger partial charge in [-0.25, -0.2) is 0 Å². The molecule has 0 saturated heterocycles. The SMILES string of the molecule is CCCC(CC)(CC)C(CC)(CC)C(=O)O.CCCC(CC)(CC)C(CC)(CC)C(=O)O. The second kappa shape index (κ2) is 15.0. The molecule has 0 radical (unpaired) electrons. The lowest BCUT2D eigenvalue weighted by Crippen LogP contribution is -2.46. The van der Waals surface area contributed by atoms with E-state index in [2.05, 4.69) is 41.5 Å². The molecular weight excluding hydrogens is 400 g/mol. The Kier molecular flexibility index (Phi) is 15.5. The molecule has 4 heteroatoms. The summed E-state index contributed by atoms with van der Waals surface area (Å²) in [4.78, 5) is 23.4. The summed E-state index contributed by atoms with van der Waals surface area (Å²) >= 11 is 0. The van der Waals surface area contributed by atoms with Gasteiger partial charge in [-0.05, 0) is 75.0 Å². The fourth-order valence-corrected chi connectivity index (χ4v) is 7.05. The molecule has 0 spiro atoms. The van der Waals surface area contributed by atoms with Crippen LogP contribution in [0.2, 0.25) is 0 Å². The van der Waals surface area contributed by atoms with Crippen molar-refractivity contribution in [1.29, 1.82) is 0 Å². The zero-order valence-corrected chi connectivity index (χ0v) is 23.2. The van der Waals surface area contributed by atoms with Gasteiger partial charge in [0.05, 0.1) is 10.8 Å². The van der Waals surface area contributed by atoms with E-state index in [4.69, 9.17) is 0 Å². The quantitative estimate of drug-likeness (QED) is 0.243. The van der Waals surface area contributed by atoms with Crippen molar-refractivity contribution < 1.29 is 19.8 Å². The van der Waals surface area contributed by atoms with Crippen molar-refractivity contribution in [2.75, 3.05) is 0 Å². The second-order valence-corrected chi connectivity index (χ2v) is 9.66. The minimum atomic E-state index is -0.602. The summed E-state index contributed by atoms with van der Waals surface area (Å²) < 4.78 is 0. The van der Waals surface area contributed by atoms with Gasteiger partial charge in [0.15, 0.2) is 0 Å². The molecule has 32 heavy (non-hydrogen) atoms. The van der Waals surface area contributed by atoms with Crippen LogP contribution in [0.3, 0.4) is 0 Å². The number of carboxylic acids is 2. The van der Waals surface area contributed by atoms with E-state index in [1.165, 1.54) is 0 Å². The van der Waals surface area contributed by atoms with Gasteiger partial charge in [0.2, 0.25) is 0 Å².